The van der Waals surface area contributed by atoms with E-state index in [0.29, 0.717) is 5.02 Å². The fourth-order valence-electron chi connectivity index (χ4n) is 1.95. The SMILES string of the molecule is COc1c(Cl)ccc(Cl)c1C(=O)NC(C)c1ccncc1. The van der Waals surface area contributed by atoms with Crippen molar-refractivity contribution in [1.82, 2.24) is 10.3 Å². The van der Waals surface area contributed by atoms with E-state index in [1.54, 1.807) is 24.5 Å². The number of nitrogens with one attached hydrogen (secondary N) is 1. The topological polar surface area (TPSA) is 51.2 Å². The number of amides is 1. The first-order valence-electron chi connectivity index (χ1n) is 6.27. The lowest BCUT2D eigenvalue weighted by Crippen LogP contribution is -2.27. The summed E-state index contributed by atoms with van der Waals surface area (Å²) < 4.78 is 5.18. The summed E-state index contributed by atoms with van der Waals surface area (Å²) in [5.41, 5.74) is 1.17. The van der Waals surface area contributed by atoms with Crippen molar-refractivity contribution in [2.24, 2.45) is 0 Å². The Hall–Kier alpha value is -1.78. The van der Waals surface area contributed by atoms with Gasteiger partial charge in [-0.2, -0.15) is 0 Å². The lowest BCUT2D eigenvalue weighted by Gasteiger charge is -2.17. The van der Waals surface area contributed by atoms with Crippen molar-refractivity contribution in [2.75, 3.05) is 7.11 Å². The summed E-state index contributed by atoms with van der Waals surface area (Å²) in [7, 11) is 1.45. The normalized spacial score (nSPS) is 11.8. The molecule has 0 radical (unpaired) electrons. The van der Waals surface area contributed by atoms with Gasteiger partial charge in [-0.25, -0.2) is 0 Å². The van der Waals surface area contributed by atoms with E-state index >= 15 is 0 Å². The van der Waals surface area contributed by atoms with Crippen LogP contribution in [0, 0.1) is 0 Å². The monoisotopic (exact) mass is 324 g/mol. The molecule has 0 aliphatic heterocycles. The van der Waals surface area contributed by atoms with Gasteiger partial charge in [-0.05, 0) is 36.8 Å². The van der Waals surface area contributed by atoms with Crippen LogP contribution in [0.2, 0.25) is 10.0 Å². The number of nitrogens with zero attached hydrogens (tertiary/aromatic N) is 1. The molecule has 1 aromatic heterocycles. The molecular weight excluding hydrogens is 311 g/mol. The van der Waals surface area contributed by atoms with Crippen LogP contribution in [0.4, 0.5) is 0 Å². The van der Waals surface area contributed by atoms with Gasteiger partial charge in [-0.3, -0.25) is 9.78 Å². The summed E-state index contributed by atoms with van der Waals surface area (Å²) in [5.74, 6) is -0.0766. The minimum Gasteiger partial charge on any atom is -0.494 e. The Kier molecular flexibility index (Phi) is 5.04. The average Bonchev–Trinajstić information content (AvgIpc) is 2.49. The highest BCUT2D eigenvalue weighted by atomic mass is 35.5. The Morgan fingerprint density at radius 2 is 1.81 bits per heavy atom. The molecule has 4 nitrogen and oxygen atoms in total. The number of methoxy groups -OCH3 is 1. The van der Waals surface area contributed by atoms with E-state index in [2.05, 4.69) is 10.3 Å². The van der Waals surface area contributed by atoms with Gasteiger partial charge in [0.15, 0.2) is 5.75 Å². The fourth-order valence-corrected chi connectivity index (χ4v) is 2.42. The minimum absolute atomic E-state index is 0.194. The van der Waals surface area contributed by atoms with E-state index in [1.807, 2.05) is 19.1 Å². The molecule has 1 amide bonds. The Morgan fingerprint density at radius 1 is 1.19 bits per heavy atom. The van der Waals surface area contributed by atoms with Crippen LogP contribution < -0.4 is 10.1 Å². The van der Waals surface area contributed by atoms with Crippen LogP contribution in [0.15, 0.2) is 36.7 Å². The average molecular weight is 325 g/mol. The van der Waals surface area contributed by atoms with Crippen molar-refractivity contribution < 1.29 is 9.53 Å². The number of rotatable bonds is 4. The quantitative estimate of drug-likeness (QED) is 0.928. The zero-order valence-corrected chi connectivity index (χ0v) is 13.1. The fraction of sp³-hybridized carbons (Fsp3) is 0.200. The van der Waals surface area contributed by atoms with Crippen molar-refractivity contribution in [3.8, 4) is 5.75 Å². The zero-order valence-electron chi connectivity index (χ0n) is 11.6. The van der Waals surface area contributed by atoms with Crippen molar-refractivity contribution in [1.29, 1.82) is 0 Å². The van der Waals surface area contributed by atoms with Crippen LogP contribution in [-0.4, -0.2) is 18.0 Å². The van der Waals surface area contributed by atoms with E-state index in [4.69, 9.17) is 27.9 Å². The molecule has 1 N–H and O–H groups in total. The van der Waals surface area contributed by atoms with Gasteiger partial charge in [0.05, 0.1) is 23.2 Å². The highest BCUT2D eigenvalue weighted by Gasteiger charge is 2.21. The molecule has 0 spiro atoms. The molecule has 110 valence electrons. The van der Waals surface area contributed by atoms with E-state index in [9.17, 15) is 4.79 Å². The second kappa shape index (κ2) is 6.78. The second-order valence-electron chi connectivity index (χ2n) is 4.41. The largest absolute Gasteiger partial charge is 0.494 e. The van der Waals surface area contributed by atoms with Crippen molar-refractivity contribution in [3.05, 3.63) is 57.8 Å². The molecule has 1 atom stereocenters. The van der Waals surface area contributed by atoms with E-state index in [0.717, 1.165) is 5.56 Å². The molecule has 2 aromatic rings. The first-order chi connectivity index (χ1) is 10.0. The summed E-state index contributed by atoms with van der Waals surface area (Å²) in [6, 6.07) is 6.63. The van der Waals surface area contributed by atoms with Crippen molar-refractivity contribution in [2.45, 2.75) is 13.0 Å². The number of carbonyl (C=O) groups is 1. The Morgan fingerprint density at radius 3 is 2.43 bits per heavy atom. The standard InChI is InChI=1S/C15H14Cl2N2O2/c1-9(10-5-7-18-8-6-10)19-15(20)13-11(16)3-4-12(17)14(13)21-2/h3-9H,1-2H3,(H,19,20). The zero-order chi connectivity index (χ0) is 15.4. The third kappa shape index (κ3) is 3.46. The molecule has 0 saturated carbocycles. The molecule has 1 heterocycles. The summed E-state index contributed by atoms with van der Waals surface area (Å²) in [6.07, 6.45) is 3.34. The van der Waals surface area contributed by atoms with E-state index in [1.165, 1.54) is 7.11 Å². The summed E-state index contributed by atoms with van der Waals surface area (Å²) in [5, 5.41) is 3.49. The Bertz CT molecular complexity index is 648. The maximum Gasteiger partial charge on any atom is 0.257 e. The van der Waals surface area contributed by atoms with Gasteiger partial charge >= 0.3 is 0 Å². The van der Waals surface area contributed by atoms with Gasteiger partial charge < -0.3 is 10.1 Å². The molecule has 0 saturated heterocycles. The van der Waals surface area contributed by atoms with Crippen LogP contribution in [0.5, 0.6) is 5.75 Å². The van der Waals surface area contributed by atoms with Gasteiger partial charge in [0.1, 0.15) is 5.56 Å². The molecule has 1 unspecified atom stereocenters. The summed E-state index contributed by atoms with van der Waals surface area (Å²) >= 11 is 12.1. The van der Waals surface area contributed by atoms with E-state index in [-0.39, 0.29) is 28.3 Å². The maximum absolute atomic E-state index is 12.4. The number of hydrogen-bond donors (Lipinski definition) is 1. The number of ether oxygens (including phenoxy) is 1. The van der Waals surface area contributed by atoms with Crippen LogP contribution in [0.1, 0.15) is 28.9 Å². The molecule has 0 bridgehead atoms. The highest BCUT2D eigenvalue weighted by molar-refractivity contribution is 6.37. The Balaban J connectivity index is 2.27. The number of pyridine rings is 1. The van der Waals surface area contributed by atoms with Crippen LogP contribution in [-0.2, 0) is 0 Å². The van der Waals surface area contributed by atoms with Crippen molar-refractivity contribution >= 4 is 29.1 Å². The molecule has 0 fully saturated rings. The molecule has 0 aliphatic carbocycles. The molecule has 6 heteroatoms. The van der Waals surface area contributed by atoms with E-state index < -0.39 is 0 Å². The van der Waals surface area contributed by atoms with Crippen molar-refractivity contribution in [3.63, 3.8) is 0 Å². The number of halogens is 2. The molecule has 21 heavy (non-hydrogen) atoms. The van der Waals surface area contributed by atoms with Gasteiger partial charge in [0.25, 0.3) is 5.91 Å². The molecule has 1 aromatic carbocycles. The van der Waals surface area contributed by atoms with Gasteiger partial charge in [0.2, 0.25) is 0 Å². The first kappa shape index (κ1) is 15.6. The van der Waals surface area contributed by atoms with Gasteiger partial charge in [0, 0.05) is 12.4 Å². The lowest BCUT2D eigenvalue weighted by atomic mass is 10.1. The van der Waals surface area contributed by atoms with Crippen LogP contribution in [0.25, 0.3) is 0 Å². The molecular formula is C15H14Cl2N2O2. The minimum atomic E-state index is -0.344. The Labute approximate surface area is 133 Å². The summed E-state index contributed by atoms with van der Waals surface area (Å²) in [6.45, 7) is 1.87. The lowest BCUT2D eigenvalue weighted by molar-refractivity contribution is 0.0937. The third-order valence-electron chi connectivity index (χ3n) is 3.04. The van der Waals surface area contributed by atoms with Gasteiger partial charge in [-0.1, -0.05) is 23.2 Å². The first-order valence-corrected chi connectivity index (χ1v) is 7.03. The number of benzene rings is 1. The smallest absolute Gasteiger partial charge is 0.257 e. The number of aromatic nitrogens is 1. The number of hydrogen-bond acceptors (Lipinski definition) is 3. The number of carbonyl (C=O) groups excluding carboxylic acids is 1. The van der Waals surface area contributed by atoms with Crippen LogP contribution in [0.3, 0.4) is 0 Å². The highest BCUT2D eigenvalue weighted by Crippen LogP contribution is 2.34. The van der Waals surface area contributed by atoms with Crippen LogP contribution >= 0.6 is 23.2 Å². The molecule has 2 rings (SSSR count). The second-order valence-corrected chi connectivity index (χ2v) is 5.23. The maximum atomic E-state index is 12.4. The molecule has 0 aliphatic rings. The third-order valence-corrected chi connectivity index (χ3v) is 3.66. The van der Waals surface area contributed by atoms with Gasteiger partial charge in [-0.15, -0.1) is 0 Å². The predicted molar refractivity (Wildman–Crippen MR) is 83.1 cm³/mol. The predicted octanol–water partition coefficient (Wildman–Crippen LogP) is 3.89. The summed E-state index contributed by atoms with van der Waals surface area (Å²) in [4.78, 5) is 16.4.